The number of aliphatic carboxylic acids is 2. The first-order valence-corrected chi connectivity index (χ1v) is 9.61. The van der Waals surface area contributed by atoms with E-state index in [1.54, 1.807) is 24.3 Å². The molecule has 4 N–H and O–H groups in total. The van der Waals surface area contributed by atoms with Crippen LogP contribution in [0.2, 0.25) is 0 Å². The summed E-state index contributed by atoms with van der Waals surface area (Å²) < 4.78 is 0. The average molecular weight is 407 g/mol. The zero-order valence-electron chi connectivity index (χ0n) is 16.6. The van der Waals surface area contributed by atoms with Crippen molar-refractivity contribution in [3.8, 4) is 0 Å². The van der Waals surface area contributed by atoms with Crippen molar-refractivity contribution in [1.82, 2.24) is 15.5 Å². The lowest BCUT2D eigenvalue weighted by Crippen LogP contribution is -2.34. The van der Waals surface area contributed by atoms with Crippen LogP contribution in [-0.4, -0.2) is 65.0 Å². The summed E-state index contributed by atoms with van der Waals surface area (Å²) in [5, 5.41) is 23.3. The van der Waals surface area contributed by atoms with Crippen molar-refractivity contribution < 1.29 is 29.4 Å². The number of hydrogen-bond donors (Lipinski definition) is 4. The van der Waals surface area contributed by atoms with Crippen molar-refractivity contribution in [2.45, 2.75) is 39.2 Å². The van der Waals surface area contributed by atoms with Crippen LogP contribution in [0.5, 0.6) is 0 Å². The highest BCUT2D eigenvalue weighted by molar-refractivity contribution is 5.94. The van der Waals surface area contributed by atoms with Gasteiger partial charge in [-0.05, 0) is 37.5 Å². The van der Waals surface area contributed by atoms with Crippen LogP contribution >= 0.6 is 0 Å². The van der Waals surface area contributed by atoms with Gasteiger partial charge in [-0.25, -0.2) is 0 Å². The maximum atomic E-state index is 12.2. The highest BCUT2D eigenvalue weighted by Gasteiger charge is 2.14. The van der Waals surface area contributed by atoms with E-state index >= 15 is 0 Å². The molecule has 0 aliphatic heterocycles. The van der Waals surface area contributed by atoms with Gasteiger partial charge < -0.3 is 20.8 Å². The third-order valence-corrected chi connectivity index (χ3v) is 4.08. The minimum Gasteiger partial charge on any atom is -0.480 e. The third-order valence-electron chi connectivity index (χ3n) is 4.08. The Bertz CT molecular complexity index is 674. The largest absolute Gasteiger partial charge is 0.480 e. The van der Waals surface area contributed by atoms with E-state index in [0.717, 1.165) is 24.8 Å². The quantitative estimate of drug-likeness (QED) is 0.339. The fourth-order valence-electron chi connectivity index (χ4n) is 2.75. The lowest BCUT2D eigenvalue weighted by atomic mass is 10.1. The molecule has 0 atom stereocenters. The minimum atomic E-state index is -1.10. The van der Waals surface area contributed by atoms with E-state index in [9.17, 15) is 19.2 Å². The summed E-state index contributed by atoms with van der Waals surface area (Å²) in [5.74, 6) is -2.38. The maximum Gasteiger partial charge on any atom is 0.317 e. The summed E-state index contributed by atoms with van der Waals surface area (Å²) in [6.07, 6.45) is 2.89. The number of carboxylic acid groups (broad SMARTS) is 2. The Morgan fingerprint density at radius 2 is 1.52 bits per heavy atom. The van der Waals surface area contributed by atoms with Crippen molar-refractivity contribution in [3.63, 3.8) is 0 Å². The molecule has 160 valence electrons. The van der Waals surface area contributed by atoms with E-state index in [4.69, 9.17) is 10.2 Å². The first-order chi connectivity index (χ1) is 13.8. The number of rotatable bonds is 14. The minimum absolute atomic E-state index is 0.0434. The molecule has 2 amide bonds. The number of benzene rings is 1. The normalized spacial score (nSPS) is 10.6. The SMILES string of the molecule is CCNC(=O)CCCCCNC(=O)c1ccc(CN(CC(=O)O)CC(=O)O)cc1. The lowest BCUT2D eigenvalue weighted by Gasteiger charge is -2.18. The number of amides is 2. The van der Waals surface area contributed by atoms with Gasteiger partial charge in [0.15, 0.2) is 0 Å². The molecule has 0 heterocycles. The van der Waals surface area contributed by atoms with Gasteiger partial charge in [0.2, 0.25) is 5.91 Å². The Kier molecular flexibility index (Phi) is 11.0. The molecule has 29 heavy (non-hydrogen) atoms. The van der Waals surface area contributed by atoms with Crippen molar-refractivity contribution in [1.29, 1.82) is 0 Å². The molecular formula is C20H29N3O6. The molecule has 1 aromatic carbocycles. The first kappa shape index (κ1) is 24.1. The van der Waals surface area contributed by atoms with Gasteiger partial charge >= 0.3 is 11.9 Å². The second-order valence-electron chi connectivity index (χ2n) is 6.65. The van der Waals surface area contributed by atoms with Crippen LogP contribution in [-0.2, 0) is 20.9 Å². The summed E-state index contributed by atoms with van der Waals surface area (Å²) in [6, 6.07) is 6.61. The molecule has 0 aromatic heterocycles. The number of nitrogens with one attached hydrogen (secondary N) is 2. The number of carboxylic acids is 2. The molecule has 9 heteroatoms. The van der Waals surface area contributed by atoms with Gasteiger partial charge in [-0.2, -0.15) is 0 Å². The summed E-state index contributed by atoms with van der Waals surface area (Å²) in [6.45, 7) is 2.42. The highest BCUT2D eigenvalue weighted by atomic mass is 16.4. The molecule has 0 aliphatic rings. The number of hydrogen-bond acceptors (Lipinski definition) is 5. The fourth-order valence-corrected chi connectivity index (χ4v) is 2.75. The topological polar surface area (TPSA) is 136 Å². The zero-order chi connectivity index (χ0) is 21.6. The molecule has 0 saturated heterocycles. The molecule has 0 unspecified atom stereocenters. The Balaban J connectivity index is 2.39. The molecule has 0 spiro atoms. The van der Waals surface area contributed by atoms with Crippen LogP contribution in [0.4, 0.5) is 0 Å². The number of nitrogens with zero attached hydrogens (tertiary/aromatic N) is 1. The average Bonchev–Trinajstić information content (AvgIpc) is 2.64. The zero-order valence-corrected chi connectivity index (χ0v) is 16.6. The second-order valence-corrected chi connectivity index (χ2v) is 6.65. The third kappa shape index (κ3) is 10.8. The van der Waals surface area contributed by atoms with Crippen LogP contribution in [0.3, 0.4) is 0 Å². The van der Waals surface area contributed by atoms with Crippen molar-refractivity contribution in [3.05, 3.63) is 35.4 Å². The number of carbonyl (C=O) groups excluding carboxylic acids is 2. The van der Waals surface area contributed by atoms with Gasteiger partial charge in [-0.1, -0.05) is 18.6 Å². The van der Waals surface area contributed by atoms with Gasteiger partial charge in [0, 0.05) is 31.6 Å². The Morgan fingerprint density at radius 1 is 0.897 bits per heavy atom. The predicted molar refractivity (Wildman–Crippen MR) is 106 cm³/mol. The van der Waals surface area contributed by atoms with E-state index in [2.05, 4.69) is 10.6 Å². The van der Waals surface area contributed by atoms with E-state index in [1.165, 1.54) is 4.90 Å². The summed E-state index contributed by atoms with van der Waals surface area (Å²) >= 11 is 0. The van der Waals surface area contributed by atoms with E-state index in [1.807, 2.05) is 6.92 Å². The highest BCUT2D eigenvalue weighted by Crippen LogP contribution is 2.08. The molecule has 0 aliphatic carbocycles. The summed E-state index contributed by atoms with van der Waals surface area (Å²) in [4.78, 5) is 46.5. The molecule has 0 saturated carbocycles. The van der Waals surface area contributed by atoms with Crippen LogP contribution < -0.4 is 10.6 Å². The maximum absolute atomic E-state index is 12.2. The van der Waals surface area contributed by atoms with E-state index in [0.29, 0.717) is 25.1 Å². The van der Waals surface area contributed by atoms with Crippen LogP contribution in [0.1, 0.15) is 48.5 Å². The summed E-state index contributed by atoms with van der Waals surface area (Å²) in [7, 11) is 0. The number of carbonyl (C=O) groups is 4. The van der Waals surface area contributed by atoms with Gasteiger partial charge in [0.1, 0.15) is 0 Å². The van der Waals surface area contributed by atoms with Crippen LogP contribution in [0.15, 0.2) is 24.3 Å². The molecule has 0 radical (unpaired) electrons. The Morgan fingerprint density at radius 3 is 2.07 bits per heavy atom. The first-order valence-electron chi connectivity index (χ1n) is 9.61. The Labute approximate surface area is 170 Å². The van der Waals surface area contributed by atoms with Gasteiger partial charge in [-0.15, -0.1) is 0 Å². The van der Waals surface area contributed by atoms with Crippen LogP contribution in [0.25, 0.3) is 0 Å². The number of unbranched alkanes of at least 4 members (excludes halogenated alkanes) is 2. The second kappa shape index (κ2) is 13.3. The standard InChI is InChI=1S/C20H29N3O6/c1-2-21-17(24)6-4-3-5-11-22-20(29)16-9-7-15(8-10-16)12-23(13-18(25)26)14-19(27)28/h7-10H,2-6,11-14H2,1H3,(H,21,24)(H,22,29)(H,25,26)(H,27,28). The van der Waals surface area contributed by atoms with Crippen molar-refractivity contribution in [2.24, 2.45) is 0 Å². The smallest absolute Gasteiger partial charge is 0.317 e. The molecule has 1 rings (SSSR count). The van der Waals surface area contributed by atoms with Gasteiger partial charge in [0.25, 0.3) is 5.91 Å². The monoisotopic (exact) mass is 407 g/mol. The van der Waals surface area contributed by atoms with Crippen molar-refractivity contribution >= 4 is 23.8 Å². The molecule has 1 aromatic rings. The van der Waals surface area contributed by atoms with Crippen LogP contribution in [0, 0.1) is 0 Å². The lowest BCUT2D eigenvalue weighted by molar-refractivity contribution is -0.142. The Hall–Kier alpha value is -2.94. The van der Waals surface area contributed by atoms with E-state index < -0.39 is 11.9 Å². The molecule has 0 fully saturated rings. The molecular weight excluding hydrogens is 378 g/mol. The molecule has 0 bridgehead atoms. The van der Waals surface area contributed by atoms with Crippen molar-refractivity contribution in [2.75, 3.05) is 26.2 Å². The predicted octanol–water partition coefficient (Wildman–Crippen LogP) is 1.08. The van der Waals surface area contributed by atoms with E-state index in [-0.39, 0.29) is 31.4 Å². The van der Waals surface area contributed by atoms with Gasteiger partial charge in [0.05, 0.1) is 13.1 Å². The van der Waals surface area contributed by atoms with Gasteiger partial charge in [-0.3, -0.25) is 24.1 Å². The molecule has 9 nitrogen and oxygen atoms in total. The summed E-state index contributed by atoms with van der Waals surface area (Å²) in [5.41, 5.74) is 1.19. The fraction of sp³-hybridized carbons (Fsp3) is 0.500.